The molecule has 138 valence electrons. The van der Waals surface area contributed by atoms with Gasteiger partial charge in [0.15, 0.2) is 0 Å². The minimum atomic E-state index is -0.333. The number of nitrogens with one attached hydrogen (secondary N) is 3. The fraction of sp³-hybridized carbons (Fsp3) is 0.556. The number of hydrogen-bond donors (Lipinski definition) is 3. The summed E-state index contributed by atoms with van der Waals surface area (Å²) in [6.45, 7) is 10.5. The molecule has 7 heteroatoms. The van der Waals surface area contributed by atoms with Gasteiger partial charge in [0.25, 0.3) is 0 Å². The van der Waals surface area contributed by atoms with E-state index in [1.165, 1.54) is 0 Å². The molecule has 1 aromatic rings. The third-order valence-electron chi connectivity index (χ3n) is 4.17. The van der Waals surface area contributed by atoms with Crippen molar-refractivity contribution in [1.82, 2.24) is 15.5 Å². The quantitative estimate of drug-likeness (QED) is 0.721. The highest BCUT2D eigenvalue weighted by molar-refractivity contribution is 5.95. The monoisotopic (exact) mass is 348 g/mol. The molecule has 7 nitrogen and oxygen atoms in total. The molecule has 0 saturated carbocycles. The molecule has 1 aliphatic rings. The fourth-order valence-electron chi connectivity index (χ4n) is 2.94. The number of carbonyl (C=O) groups excluding carboxylic acids is 2. The summed E-state index contributed by atoms with van der Waals surface area (Å²) < 4.78 is 5.28. The van der Waals surface area contributed by atoms with E-state index in [0.29, 0.717) is 6.54 Å². The number of carbonyl (C=O) groups is 2. The zero-order valence-electron chi connectivity index (χ0n) is 15.3. The number of anilines is 1. The molecule has 1 fully saturated rings. The van der Waals surface area contributed by atoms with Crippen LogP contribution in [0.25, 0.3) is 0 Å². The third kappa shape index (κ3) is 6.36. The first kappa shape index (κ1) is 19.2. The van der Waals surface area contributed by atoms with Gasteiger partial charge in [-0.2, -0.15) is 0 Å². The molecule has 0 aliphatic carbocycles. The zero-order chi connectivity index (χ0) is 18.2. The normalized spacial score (nSPS) is 14.8. The first-order chi connectivity index (χ1) is 12.0. The molecule has 1 saturated heterocycles. The standard InChI is InChI=1S/C18H28N4O3/c1-13-10-14(2)17(15(3)11-13)21-16(23)12-20-18(24)19-4-5-22-6-8-25-9-7-22/h10-11H,4-9,12H2,1-3H3,(H,21,23)(H2,19,20,24). The summed E-state index contributed by atoms with van der Waals surface area (Å²) in [6.07, 6.45) is 0. The number of aryl methyl sites for hydroxylation is 3. The number of amides is 3. The predicted octanol–water partition coefficient (Wildman–Crippen LogP) is 1.18. The topological polar surface area (TPSA) is 82.7 Å². The summed E-state index contributed by atoms with van der Waals surface area (Å²) in [5.41, 5.74) is 4.00. The highest BCUT2D eigenvalue weighted by Crippen LogP contribution is 2.21. The maximum atomic E-state index is 12.1. The summed E-state index contributed by atoms with van der Waals surface area (Å²) >= 11 is 0. The van der Waals surface area contributed by atoms with Crippen LogP contribution in [0.15, 0.2) is 12.1 Å². The summed E-state index contributed by atoms with van der Waals surface area (Å²) in [5, 5.41) is 8.22. The largest absolute Gasteiger partial charge is 0.379 e. The van der Waals surface area contributed by atoms with Crippen LogP contribution in [0.3, 0.4) is 0 Å². The summed E-state index contributed by atoms with van der Waals surface area (Å²) in [5.74, 6) is -0.238. The lowest BCUT2D eigenvalue weighted by Gasteiger charge is -2.26. The molecule has 25 heavy (non-hydrogen) atoms. The highest BCUT2D eigenvalue weighted by atomic mass is 16.5. The smallest absolute Gasteiger partial charge is 0.315 e. The Labute approximate surface area is 149 Å². The molecule has 0 unspecified atom stereocenters. The van der Waals surface area contributed by atoms with Crippen LogP contribution in [-0.2, 0) is 9.53 Å². The van der Waals surface area contributed by atoms with Crippen molar-refractivity contribution in [3.05, 3.63) is 28.8 Å². The van der Waals surface area contributed by atoms with E-state index >= 15 is 0 Å². The van der Waals surface area contributed by atoms with Crippen LogP contribution in [0, 0.1) is 20.8 Å². The molecule has 1 aliphatic heterocycles. The van der Waals surface area contributed by atoms with Crippen LogP contribution in [0.5, 0.6) is 0 Å². The number of hydrogen-bond acceptors (Lipinski definition) is 4. The van der Waals surface area contributed by atoms with Crippen LogP contribution < -0.4 is 16.0 Å². The molecule has 0 radical (unpaired) electrons. The summed E-state index contributed by atoms with van der Waals surface area (Å²) in [7, 11) is 0. The van der Waals surface area contributed by atoms with Gasteiger partial charge >= 0.3 is 6.03 Å². The van der Waals surface area contributed by atoms with Gasteiger partial charge < -0.3 is 20.7 Å². The van der Waals surface area contributed by atoms with Gasteiger partial charge in [-0.15, -0.1) is 0 Å². The molecule has 3 N–H and O–H groups in total. The fourth-order valence-corrected chi connectivity index (χ4v) is 2.94. The summed E-state index contributed by atoms with van der Waals surface area (Å²) in [6, 6.07) is 3.71. The van der Waals surface area contributed by atoms with Gasteiger partial charge in [0.2, 0.25) is 5.91 Å². The van der Waals surface area contributed by atoms with Crippen molar-refractivity contribution >= 4 is 17.6 Å². The van der Waals surface area contributed by atoms with Crippen molar-refractivity contribution in [2.75, 3.05) is 51.3 Å². The van der Waals surface area contributed by atoms with E-state index < -0.39 is 0 Å². The molecule has 0 spiro atoms. The van der Waals surface area contributed by atoms with Crippen molar-refractivity contribution in [2.45, 2.75) is 20.8 Å². The van der Waals surface area contributed by atoms with E-state index in [4.69, 9.17) is 4.74 Å². The van der Waals surface area contributed by atoms with E-state index in [2.05, 4.69) is 20.9 Å². The Bertz CT molecular complexity index is 589. The Hall–Kier alpha value is -2.12. The Morgan fingerprint density at radius 2 is 1.72 bits per heavy atom. The van der Waals surface area contributed by atoms with Gasteiger partial charge in [-0.25, -0.2) is 4.79 Å². The Morgan fingerprint density at radius 1 is 1.08 bits per heavy atom. The van der Waals surface area contributed by atoms with E-state index in [-0.39, 0.29) is 18.5 Å². The van der Waals surface area contributed by atoms with E-state index in [1.807, 2.05) is 32.9 Å². The number of benzene rings is 1. The number of ether oxygens (including phenoxy) is 1. The Morgan fingerprint density at radius 3 is 2.36 bits per heavy atom. The molecule has 0 bridgehead atoms. The van der Waals surface area contributed by atoms with Crippen molar-refractivity contribution < 1.29 is 14.3 Å². The lowest BCUT2D eigenvalue weighted by Crippen LogP contribution is -2.45. The van der Waals surface area contributed by atoms with Crippen molar-refractivity contribution in [3.63, 3.8) is 0 Å². The average Bonchev–Trinajstić information content (AvgIpc) is 2.57. The second kappa shape index (κ2) is 9.39. The lowest BCUT2D eigenvalue weighted by atomic mass is 10.1. The molecular weight excluding hydrogens is 320 g/mol. The molecule has 0 atom stereocenters. The Kier molecular flexibility index (Phi) is 7.21. The highest BCUT2D eigenvalue weighted by Gasteiger charge is 2.11. The number of rotatable bonds is 6. The first-order valence-corrected chi connectivity index (χ1v) is 8.65. The molecular formula is C18H28N4O3. The number of morpholine rings is 1. The Balaban J connectivity index is 1.68. The number of urea groups is 1. The molecule has 3 amide bonds. The van der Waals surface area contributed by atoms with Crippen molar-refractivity contribution in [2.24, 2.45) is 0 Å². The van der Waals surface area contributed by atoms with Crippen LogP contribution in [0.4, 0.5) is 10.5 Å². The van der Waals surface area contributed by atoms with Gasteiger partial charge in [0.05, 0.1) is 19.8 Å². The van der Waals surface area contributed by atoms with Gasteiger partial charge in [-0.3, -0.25) is 9.69 Å². The minimum absolute atomic E-state index is 0.0594. The molecule has 1 aromatic carbocycles. The van der Waals surface area contributed by atoms with Gasteiger partial charge in [0, 0.05) is 31.9 Å². The molecule has 2 rings (SSSR count). The maximum absolute atomic E-state index is 12.1. The average molecular weight is 348 g/mol. The van der Waals surface area contributed by atoms with E-state index in [9.17, 15) is 9.59 Å². The van der Waals surface area contributed by atoms with Crippen LogP contribution >= 0.6 is 0 Å². The van der Waals surface area contributed by atoms with Gasteiger partial charge in [-0.05, 0) is 31.9 Å². The van der Waals surface area contributed by atoms with Crippen LogP contribution in [-0.4, -0.2) is 62.8 Å². The summed E-state index contributed by atoms with van der Waals surface area (Å²) in [4.78, 5) is 26.1. The van der Waals surface area contributed by atoms with E-state index in [1.54, 1.807) is 0 Å². The SMILES string of the molecule is Cc1cc(C)c(NC(=O)CNC(=O)NCCN2CCOCC2)c(C)c1. The third-order valence-corrected chi connectivity index (χ3v) is 4.17. The maximum Gasteiger partial charge on any atom is 0.315 e. The van der Waals surface area contributed by atoms with Gasteiger partial charge in [-0.1, -0.05) is 17.7 Å². The molecule has 1 heterocycles. The number of nitrogens with zero attached hydrogens (tertiary/aromatic N) is 1. The van der Waals surface area contributed by atoms with Crippen molar-refractivity contribution in [3.8, 4) is 0 Å². The molecule has 0 aromatic heterocycles. The van der Waals surface area contributed by atoms with Crippen LogP contribution in [0.1, 0.15) is 16.7 Å². The van der Waals surface area contributed by atoms with Crippen LogP contribution in [0.2, 0.25) is 0 Å². The van der Waals surface area contributed by atoms with E-state index in [0.717, 1.165) is 55.2 Å². The second-order valence-electron chi connectivity index (χ2n) is 6.39. The zero-order valence-corrected chi connectivity index (χ0v) is 15.3. The lowest BCUT2D eigenvalue weighted by molar-refractivity contribution is -0.115. The first-order valence-electron chi connectivity index (χ1n) is 8.65. The predicted molar refractivity (Wildman–Crippen MR) is 97.9 cm³/mol. The minimum Gasteiger partial charge on any atom is -0.379 e. The van der Waals surface area contributed by atoms with Crippen molar-refractivity contribution in [1.29, 1.82) is 0 Å². The van der Waals surface area contributed by atoms with Gasteiger partial charge in [0.1, 0.15) is 0 Å². The second-order valence-corrected chi connectivity index (χ2v) is 6.39.